The minimum absolute atomic E-state index is 1.05. The van der Waals surface area contributed by atoms with E-state index in [0.29, 0.717) is 0 Å². The summed E-state index contributed by atoms with van der Waals surface area (Å²) in [7, 11) is 0. The van der Waals surface area contributed by atoms with Gasteiger partial charge in [-0.05, 0) is 17.5 Å². The molecule has 0 bridgehead atoms. The number of hydrogen-bond donors (Lipinski definition) is 3. The molecule has 1 aliphatic heterocycles. The van der Waals surface area contributed by atoms with Crippen LogP contribution in [0.4, 0.5) is 0 Å². The van der Waals surface area contributed by atoms with E-state index in [1.807, 2.05) is 0 Å². The highest BCUT2D eigenvalue weighted by atomic mass is 15.2. The first-order chi connectivity index (χ1) is 10.4. The average Bonchev–Trinajstić information content (AvgIpc) is 2.51. The SMILES string of the molecule is CCc1ccc(CN2CCNCCNCCNCC2)cc1. The first kappa shape index (κ1) is 16.4. The second-order valence-corrected chi connectivity index (χ2v) is 5.70. The Labute approximate surface area is 129 Å². The Bertz CT molecular complexity index is 365. The second kappa shape index (κ2) is 9.90. The van der Waals surface area contributed by atoms with Gasteiger partial charge in [-0.2, -0.15) is 0 Å². The Kier molecular flexibility index (Phi) is 7.75. The van der Waals surface area contributed by atoms with E-state index in [4.69, 9.17) is 0 Å². The summed E-state index contributed by atoms with van der Waals surface area (Å²) < 4.78 is 0. The lowest BCUT2D eigenvalue weighted by atomic mass is 10.1. The van der Waals surface area contributed by atoms with Crippen molar-refractivity contribution in [3.05, 3.63) is 35.4 Å². The molecule has 2 rings (SSSR count). The zero-order valence-electron chi connectivity index (χ0n) is 13.3. The summed E-state index contributed by atoms with van der Waals surface area (Å²) in [5.74, 6) is 0. The van der Waals surface area contributed by atoms with Crippen LogP contribution in [0.2, 0.25) is 0 Å². The molecule has 0 amide bonds. The Morgan fingerprint density at radius 1 is 0.762 bits per heavy atom. The van der Waals surface area contributed by atoms with E-state index in [2.05, 4.69) is 52.0 Å². The molecule has 0 saturated carbocycles. The maximum absolute atomic E-state index is 3.51. The monoisotopic (exact) mass is 290 g/mol. The predicted octanol–water partition coefficient (Wildman–Crippen LogP) is 0.833. The van der Waals surface area contributed by atoms with Crippen LogP contribution < -0.4 is 16.0 Å². The molecule has 4 nitrogen and oxygen atoms in total. The van der Waals surface area contributed by atoms with Gasteiger partial charge in [0, 0.05) is 58.9 Å². The predicted molar refractivity (Wildman–Crippen MR) is 89.7 cm³/mol. The first-order valence-corrected chi connectivity index (χ1v) is 8.31. The number of nitrogens with one attached hydrogen (secondary N) is 3. The van der Waals surface area contributed by atoms with Gasteiger partial charge >= 0.3 is 0 Å². The van der Waals surface area contributed by atoms with Crippen LogP contribution >= 0.6 is 0 Å². The van der Waals surface area contributed by atoms with Crippen molar-refractivity contribution in [1.82, 2.24) is 20.9 Å². The number of benzene rings is 1. The van der Waals surface area contributed by atoms with Crippen LogP contribution in [0, 0.1) is 0 Å². The van der Waals surface area contributed by atoms with Crippen LogP contribution in [0.3, 0.4) is 0 Å². The van der Waals surface area contributed by atoms with Crippen LogP contribution in [0.1, 0.15) is 18.1 Å². The molecule has 1 heterocycles. The maximum atomic E-state index is 3.51. The van der Waals surface area contributed by atoms with Gasteiger partial charge in [-0.1, -0.05) is 31.2 Å². The van der Waals surface area contributed by atoms with Gasteiger partial charge in [-0.15, -0.1) is 0 Å². The lowest BCUT2D eigenvalue weighted by Gasteiger charge is -2.24. The summed E-state index contributed by atoms with van der Waals surface area (Å²) in [5, 5.41) is 10.5. The van der Waals surface area contributed by atoms with E-state index in [1.165, 1.54) is 11.1 Å². The smallest absolute Gasteiger partial charge is 0.0234 e. The van der Waals surface area contributed by atoms with Gasteiger partial charge in [0.05, 0.1) is 0 Å². The third-order valence-corrected chi connectivity index (χ3v) is 4.00. The molecule has 118 valence electrons. The fourth-order valence-electron chi connectivity index (χ4n) is 2.61. The lowest BCUT2D eigenvalue weighted by molar-refractivity contribution is 0.263. The molecule has 1 aromatic rings. The van der Waals surface area contributed by atoms with Crippen molar-refractivity contribution in [2.75, 3.05) is 52.4 Å². The highest BCUT2D eigenvalue weighted by Gasteiger charge is 2.06. The summed E-state index contributed by atoms with van der Waals surface area (Å²) in [5.41, 5.74) is 2.84. The molecule has 3 N–H and O–H groups in total. The molecule has 0 aliphatic carbocycles. The van der Waals surface area contributed by atoms with E-state index < -0.39 is 0 Å². The zero-order valence-corrected chi connectivity index (χ0v) is 13.3. The Hall–Kier alpha value is -0.940. The molecule has 1 aromatic carbocycles. The summed E-state index contributed by atoms with van der Waals surface area (Å²) in [6.07, 6.45) is 1.12. The molecule has 1 saturated heterocycles. The van der Waals surface area contributed by atoms with Crippen molar-refractivity contribution in [3.63, 3.8) is 0 Å². The normalized spacial score (nSPS) is 19.7. The van der Waals surface area contributed by atoms with Crippen molar-refractivity contribution in [1.29, 1.82) is 0 Å². The third kappa shape index (κ3) is 6.57. The van der Waals surface area contributed by atoms with Crippen molar-refractivity contribution in [2.24, 2.45) is 0 Å². The minimum Gasteiger partial charge on any atom is -0.314 e. The topological polar surface area (TPSA) is 39.3 Å². The van der Waals surface area contributed by atoms with Gasteiger partial charge in [0.1, 0.15) is 0 Å². The van der Waals surface area contributed by atoms with E-state index >= 15 is 0 Å². The second-order valence-electron chi connectivity index (χ2n) is 5.70. The summed E-state index contributed by atoms with van der Waals surface area (Å²) >= 11 is 0. The van der Waals surface area contributed by atoms with Crippen LogP contribution in [-0.2, 0) is 13.0 Å². The van der Waals surface area contributed by atoms with Crippen LogP contribution in [-0.4, -0.2) is 57.3 Å². The van der Waals surface area contributed by atoms with E-state index in [9.17, 15) is 0 Å². The number of nitrogens with zero attached hydrogens (tertiary/aromatic N) is 1. The molecule has 0 unspecified atom stereocenters. The van der Waals surface area contributed by atoms with E-state index in [1.54, 1.807) is 0 Å². The van der Waals surface area contributed by atoms with Gasteiger partial charge in [0.25, 0.3) is 0 Å². The molecular weight excluding hydrogens is 260 g/mol. The number of rotatable bonds is 3. The Balaban J connectivity index is 1.84. The minimum atomic E-state index is 1.05. The molecule has 4 heteroatoms. The highest BCUT2D eigenvalue weighted by Crippen LogP contribution is 2.08. The van der Waals surface area contributed by atoms with Gasteiger partial charge in [0.2, 0.25) is 0 Å². The van der Waals surface area contributed by atoms with Crippen molar-refractivity contribution >= 4 is 0 Å². The molecule has 0 aromatic heterocycles. The molecule has 21 heavy (non-hydrogen) atoms. The Morgan fingerprint density at radius 3 is 1.76 bits per heavy atom. The maximum Gasteiger partial charge on any atom is 0.0234 e. The first-order valence-electron chi connectivity index (χ1n) is 8.31. The van der Waals surface area contributed by atoms with Crippen molar-refractivity contribution in [3.8, 4) is 0 Å². The largest absolute Gasteiger partial charge is 0.314 e. The van der Waals surface area contributed by atoms with Crippen LogP contribution in [0.25, 0.3) is 0 Å². The molecule has 0 radical (unpaired) electrons. The van der Waals surface area contributed by atoms with Crippen LogP contribution in [0.15, 0.2) is 24.3 Å². The fourth-order valence-corrected chi connectivity index (χ4v) is 2.61. The average molecular weight is 290 g/mol. The highest BCUT2D eigenvalue weighted by molar-refractivity contribution is 5.22. The lowest BCUT2D eigenvalue weighted by Crippen LogP contribution is -2.41. The molecular formula is C17H30N4. The Morgan fingerprint density at radius 2 is 1.24 bits per heavy atom. The standard InChI is InChI=1S/C17H30N4/c1-2-16-3-5-17(6-4-16)15-21-13-11-19-9-7-18-8-10-20-12-14-21/h3-6,18-20H,2,7-15H2,1H3. The summed E-state index contributed by atoms with van der Waals surface area (Å²) in [4.78, 5) is 2.54. The van der Waals surface area contributed by atoms with E-state index in [-0.39, 0.29) is 0 Å². The van der Waals surface area contributed by atoms with Gasteiger partial charge < -0.3 is 16.0 Å². The fraction of sp³-hybridized carbons (Fsp3) is 0.647. The van der Waals surface area contributed by atoms with Crippen molar-refractivity contribution < 1.29 is 0 Å². The van der Waals surface area contributed by atoms with E-state index in [0.717, 1.165) is 65.3 Å². The third-order valence-electron chi connectivity index (χ3n) is 4.00. The van der Waals surface area contributed by atoms with Gasteiger partial charge in [0.15, 0.2) is 0 Å². The molecule has 1 aliphatic rings. The van der Waals surface area contributed by atoms with Crippen molar-refractivity contribution in [2.45, 2.75) is 19.9 Å². The zero-order chi connectivity index (χ0) is 14.8. The molecule has 0 spiro atoms. The summed E-state index contributed by atoms with van der Waals surface area (Å²) in [6.45, 7) is 11.8. The molecule has 0 atom stereocenters. The van der Waals surface area contributed by atoms with Crippen LogP contribution in [0.5, 0.6) is 0 Å². The molecule has 1 fully saturated rings. The quantitative estimate of drug-likeness (QED) is 0.771. The summed E-state index contributed by atoms with van der Waals surface area (Å²) in [6, 6.07) is 9.07. The number of hydrogen-bond acceptors (Lipinski definition) is 4. The number of aryl methyl sites for hydroxylation is 1. The van der Waals surface area contributed by atoms with Gasteiger partial charge in [-0.25, -0.2) is 0 Å². The van der Waals surface area contributed by atoms with Gasteiger partial charge in [-0.3, -0.25) is 4.90 Å².